The fourth-order valence-corrected chi connectivity index (χ4v) is 15.4. The van der Waals surface area contributed by atoms with Crippen LogP contribution in [0.1, 0.15) is 107 Å². The fourth-order valence-electron chi connectivity index (χ4n) is 15.4. The van der Waals surface area contributed by atoms with E-state index >= 15 is 0 Å². The second kappa shape index (κ2) is 18.8. The number of ether oxygens (including phenoxy) is 7. The van der Waals surface area contributed by atoms with E-state index in [1.54, 1.807) is 13.8 Å². The Hall–Kier alpha value is -1.96. The Morgan fingerprint density at radius 3 is 1.91 bits per heavy atom. The van der Waals surface area contributed by atoms with Crippen molar-refractivity contribution in [3.8, 4) is 0 Å². The zero-order valence-corrected chi connectivity index (χ0v) is 41.0. The van der Waals surface area contributed by atoms with E-state index in [1.165, 1.54) is 6.92 Å². The quantitative estimate of drug-likeness (QED) is 0.0773. The third-order valence-electron chi connectivity index (χ3n) is 19.7. The highest BCUT2D eigenvalue weighted by Gasteiger charge is 2.73. The Bertz CT molecular complexity index is 1930. The molecule has 20 heteroatoms. The average molecular weight is 987 g/mol. The summed E-state index contributed by atoms with van der Waals surface area (Å²) >= 11 is 0. The smallest absolute Gasteiger partial charge is 0.315 e. The van der Waals surface area contributed by atoms with E-state index in [2.05, 4.69) is 40.7 Å². The lowest BCUT2D eigenvalue weighted by atomic mass is 9.33. The van der Waals surface area contributed by atoms with Crippen LogP contribution >= 0.6 is 0 Å². The molecular weight excluding hydrogens is 909 g/mol. The van der Waals surface area contributed by atoms with Crippen LogP contribution in [0.15, 0.2) is 11.6 Å². The Morgan fingerprint density at radius 2 is 1.30 bits per heavy atom. The van der Waals surface area contributed by atoms with Crippen LogP contribution in [0.3, 0.4) is 0 Å². The fraction of sp³-hybridized carbons (Fsp3) is 0.918. The van der Waals surface area contributed by atoms with Crippen LogP contribution in [0.2, 0.25) is 0 Å². The molecular formula is C49H78O20. The zero-order valence-electron chi connectivity index (χ0n) is 41.0. The number of carbonyl (C=O) groups is 2. The number of hydrogen-bond donors (Lipinski definition) is 11. The number of aliphatic hydroxyl groups is 11. The highest BCUT2D eigenvalue weighted by Crippen LogP contribution is 2.76. The van der Waals surface area contributed by atoms with Gasteiger partial charge in [-0.05, 0) is 91.8 Å². The molecule has 4 saturated carbocycles. The molecule has 0 aromatic heterocycles. The van der Waals surface area contributed by atoms with Gasteiger partial charge < -0.3 is 89.3 Å². The van der Waals surface area contributed by atoms with Gasteiger partial charge in [-0.3, -0.25) is 9.59 Å². The van der Waals surface area contributed by atoms with Crippen molar-refractivity contribution >= 4 is 11.9 Å². The average Bonchev–Trinajstić information content (AvgIpc) is 3.28. The predicted octanol–water partition coefficient (Wildman–Crippen LogP) is -0.708. The first-order valence-electron chi connectivity index (χ1n) is 24.9. The molecule has 0 aromatic rings. The summed E-state index contributed by atoms with van der Waals surface area (Å²) in [5, 5.41) is 118. The minimum atomic E-state index is -1.83. The second-order valence-electron chi connectivity index (χ2n) is 23.4. The maximum atomic E-state index is 14.8. The SMILES string of the molecule is CC(=O)O[C@H]1[C@H](O[C@H]2CC[C@@]3(C)[C@@H](CC[C@]4(C)[C@H]3CC=C3[C@@H]5[C@@](C(=O)O[C@@H]6O[C@H](CO)[C@@H](O)[C@H](O)[C@H]6O)(CC[C@]34C)C[C@@H](O)[C@@H](C)[C@@]5(C)O)C2(C)C)OC[C@H](O)[C@@H]1O[C@@H]1O[C@H](CO)[C@@H](O)[C@H](O)[C@H]1O. The van der Waals surface area contributed by atoms with E-state index in [1.807, 2.05) is 0 Å². The summed E-state index contributed by atoms with van der Waals surface area (Å²) in [6.07, 6.45) is -16.8. The second-order valence-corrected chi connectivity index (χ2v) is 23.4. The predicted molar refractivity (Wildman–Crippen MR) is 236 cm³/mol. The molecule has 0 spiro atoms. The van der Waals surface area contributed by atoms with Crippen LogP contribution in [0.25, 0.3) is 0 Å². The highest BCUT2D eigenvalue weighted by molar-refractivity contribution is 5.79. The number of allylic oxidation sites excluding steroid dienone is 1. The standard InChI is InChI=1S/C49H78O20/c1-21-24(53)17-49(43(61)69-41-36(60)34(58)32(56)27(19-51)66-41)16-15-46(6)23(39(49)48(21,8)62)9-10-29-45(5)13-12-30(44(3,4)28(45)11-14-47(29,46)7)67-42-38(64-22(2)52)37(25(54)20-63-42)68-40-35(59)33(57)31(55)26(18-50)65-40/h9,21,24-42,50-51,53-60,62H,10-20H2,1-8H3/t21-,24-,25+,26-,27-,28+,29+,30+,31-,32-,33+,34+,35-,36-,37+,38-,39+,40+,41+,42+,45+,46-,47-,48-,49-/m1/s1. The lowest BCUT2D eigenvalue weighted by Gasteiger charge is -2.72. The molecule has 11 N–H and O–H groups in total. The molecule has 3 heterocycles. The number of aliphatic hydroxyl groups excluding tert-OH is 10. The lowest BCUT2D eigenvalue weighted by Crippen LogP contribution is -2.70. The van der Waals surface area contributed by atoms with E-state index in [9.17, 15) is 65.8 Å². The summed E-state index contributed by atoms with van der Waals surface area (Å²) in [7, 11) is 0. The topological polar surface area (TPSA) is 321 Å². The monoisotopic (exact) mass is 987 g/mol. The number of rotatable bonds is 9. The molecule has 3 saturated heterocycles. The first kappa shape index (κ1) is 53.3. The van der Waals surface area contributed by atoms with Crippen molar-refractivity contribution in [3.05, 3.63) is 11.6 Å². The van der Waals surface area contributed by atoms with Crippen molar-refractivity contribution in [3.63, 3.8) is 0 Å². The van der Waals surface area contributed by atoms with Crippen LogP contribution in [0, 0.1) is 50.7 Å². The first-order chi connectivity index (χ1) is 32.2. The molecule has 5 aliphatic carbocycles. The molecule has 20 nitrogen and oxygen atoms in total. The van der Waals surface area contributed by atoms with Crippen molar-refractivity contribution in [1.82, 2.24) is 0 Å². The van der Waals surface area contributed by atoms with Gasteiger partial charge in [-0.15, -0.1) is 0 Å². The molecule has 8 rings (SSSR count). The number of hydrogen-bond acceptors (Lipinski definition) is 20. The lowest BCUT2D eigenvalue weighted by molar-refractivity contribution is -0.357. The van der Waals surface area contributed by atoms with E-state index in [4.69, 9.17) is 33.2 Å². The maximum Gasteiger partial charge on any atom is 0.315 e. The third kappa shape index (κ3) is 8.26. The normalized spacial score (nSPS) is 53.9. The molecule has 25 atom stereocenters. The summed E-state index contributed by atoms with van der Waals surface area (Å²) < 4.78 is 41.6. The maximum absolute atomic E-state index is 14.8. The molecule has 0 radical (unpaired) electrons. The number of fused-ring (bicyclic) bond motifs is 7. The summed E-state index contributed by atoms with van der Waals surface area (Å²) in [6, 6.07) is 0. The molecule has 0 aromatic carbocycles. The van der Waals surface area contributed by atoms with Crippen molar-refractivity contribution in [2.24, 2.45) is 50.7 Å². The van der Waals surface area contributed by atoms with Gasteiger partial charge in [0.15, 0.2) is 18.7 Å². The first-order valence-corrected chi connectivity index (χ1v) is 24.9. The molecule has 8 aliphatic rings. The van der Waals surface area contributed by atoms with Gasteiger partial charge in [0, 0.05) is 18.8 Å². The highest BCUT2D eigenvalue weighted by atomic mass is 16.8. The minimum absolute atomic E-state index is 0.0310. The molecule has 0 unspecified atom stereocenters. The Balaban J connectivity index is 1.05. The summed E-state index contributed by atoms with van der Waals surface area (Å²) in [5.41, 5.74) is -3.75. The van der Waals surface area contributed by atoms with E-state index in [0.717, 1.165) is 24.8 Å². The summed E-state index contributed by atoms with van der Waals surface area (Å²) in [6.45, 7) is 14.1. The van der Waals surface area contributed by atoms with E-state index in [-0.39, 0.29) is 42.1 Å². The summed E-state index contributed by atoms with van der Waals surface area (Å²) in [4.78, 5) is 27.4. The third-order valence-corrected chi connectivity index (χ3v) is 19.7. The van der Waals surface area contributed by atoms with Gasteiger partial charge in [0.2, 0.25) is 6.29 Å². The van der Waals surface area contributed by atoms with Gasteiger partial charge in [-0.2, -0.15) is 0 Å². The van der Waals surface area contributed by atoms with Crippen molar-refractivity contribution in [1.29, 1.82) is 0 Å². The molecule has 0 bridgehead atoms. The Morgan fingerprint density at radius 1 is 0.696 bits per heavy atom. The molecule has 394 valence electrons. The largest absolute Gasteiger partial charge is 0.454 e. The van der Waals surface area contributed by atoms with Gasteiger partial charge in [0.05, 0.1) is 43.0 Å². The summed E-state index contributed by atoms with van der Waals surface area (Å²) in [5.74, 6) is -2.74. The van der Waals surface area contributed by atoms with Crippen LogP contribution in [0.5, 0.6) is 0 Å². The van der Waals surface area contributed by atoms with E-state index < -0.39 is 157 Å². The van der Waals surface area contributed by atoms with Crippen LogP contribution < -0.4 is 0 Å². The molecule has 3 aliphatic heterocycles. The van der Waals surface area contributed by atoms with Crippen molar-refractivity contribution in [2.75, 3.05) is 19.8 Å². The van der Waals surface area contributed by atoms with E-state index in [0.29, 0.717) is 19.3 Å². The number of carbonyl (C=O) groups excluding carboxylic acids is 2. The molecule has 7 fully saturated rings. The van der Waals surface area contributed by atoms with Crippen molar-refractivity contribution < 1.29 is 98.9 Å². The van der Waals surface area contributed by atoms with Gasteiger partial charge in [0.1, 0.15) is 61.0 Å². The van der Waals surface area contributed by atoms with Gasteiger partial charge in [0.25, 0.3) is 0 Å². The molecule has 69 heavy (non-hydrogen) atoms. The van der Waals surface area contributed by atoms with Crippen LogP contribution in [-0.2, 0) is 42.7 Å². The van der Waals surface area contributed by atoms with Crippen LogP contribution in [0.4, 0.5) is 0 Å². The van der Waals surface area contributed by atoms with Gasteiger partial charge >= 0.3 is 11.9 Å². The Labute approximate surface area is 402 Å². The number of esters is 2. The van der Waals surface area contributed by atoms with Gasteiger partial charge in [-0.1, -0.05) is 53.2 Å². The van der Waals surface area contributed by atoms with Gasteiger partial charge in [-0.25, -0.2) is 0 Å². The van der Waals surface area contributed by atoms with Crippen LogP contribution in [-0.4, -0.2) is 192 Å². The zero-order chi connectivity index (χ0) is 50.7. The Kier molecular flexibility index (Phi) is 14.5. The van der Waals surface area contributed by atoms with Crippen molar-refractivity contribution in [2.45, 2.75) is 211 Å². The minimum Gasteiger partial charge on any atom is -0.454 e. The molecule has 0 amide bonds.